The molecule has 109 heavy (non-hydrogen) atoms. The molecule has 0 aromatic carbocycles. The van der Waals surface area contributed by atoms with Crippen LogP contribution in [0.15, 0.2) is 12.2 Å². The summed E-state index contributed by atoms with van der Waals surface area (Å²) in [6, 6.07) is -8.68. The molecular formula is C76H118F8N12O12S. The summed E-state index contributed by atoms with van der Waals surface area (Å²) in [4.78, 5) is 190. The first kappa shape index (κ1) is 89.4. The normalized spacial score (nSPS) is 31.1. The lowest BCUT2D eigenvalue weighted by Gasteiger charge is -2.41. The molecule has 33 heteroatoms. The summed E-state index contributed by atoms with van der Waals surface area (Å²) in [5.41, 5.74) is -1.60. The first-order chi connectivity index (χ1) is 51.1. The second kappa shape index (κ2) is 39.1. The van der Waals surface area contributed by atoms with Crippen LogP contribution < -0.4 is 16.0 Å². The average Bonchev–Trinajstić information content (AvgIpc) is 1.73. The van der Waals surface area contributed by atoms with Crippen molar-refractivity contribution in [1.29, 1.82) is 0 Å². The summed E-state index contributed by atoms with van der Waals surface area (Å²) in [6.45, 7) is 5.25. The number of rotatable bonds is 12. The second-order valence-corrected chi connectivity index (χ2v) is 33.7. The first-order valence-corrected chi connectivity index (χ1v) is 40.2. The molecule has 3 aliphatic heterocycles. The molecule has 2 unspecified atom stereocenters. The van der Waals surface area contributed by atoms with Crippen molar-refractivity contribution in [2.24, 2.45) is 47.3 Å². The molecular weight excluding hydrogens is 1460 g/mol. The number of likely N-dealkylation sites (N-methyl/N-ethyl adjacent to an activating group) is 7. The average molecular weight is 1580 g/mol. The first-order valence-electron chi connectivity index (χ1n) is 39.0. The minimum Gasteiger partial charge on any atom is -0.354 e. The van der Waals surface area contributed by atoms with Crippen molar-refractivity contribution in [3.8, 4) is 0 Å². The highest BCUT2D eigenvalue weighted by Gasteiger charge is 2.55. The number of thioether (sulfide) groups is 1. The van der Waals surface area contributed by atoms with E-state index in [4.69, 9.17) is 0 Å². The predicted molar refractivity (Wildman–Crippen MR) is 392 cm³/mol. The van der Waals surface area contributed by atoms with E-state index in [1.165, 1.54) is 85.8 Å². The number of carbonyl (C=O) groups excluding carboxylic acids is 12. The fourth-order valence-corrected chi connectivity index (χ4v) is 18.6. The van der Waals surface area contributed by atoms with E-state index in [9.17, 15) is 55.1 Å². The minimum absolute atomic E-state index is 0.0182. The van der Waals surface area contributed by atoms with Crippen LogP contribution >= 0.6 is 11.8 Å². The zero-order valence-corrected chi connectivity index (χ0v) is 66.4. The van der Waals surface area contributed by atoms with Crippen LogP contribution in [0.25, 0.3) is 0 Å². The van der Waals surface area contributed by atoms with Gasteiger partial charge >= 0.3 is 12.4 Å². The molecule has 7 rings (SSSR count). The lowest BCUT2D eigenvalue weighted by Crippen LogP contribution is -2.65. The Bertz CT molecular complexity index is 3230. The molecule has 0 aromatic rings. The molecule has 4 aliphatic carbocycles. The highest BCUT2D eigenvalue weighted by molar-refractivity contribution is 8.00. The van der Waals surface area contributed by atoms with Gasteiger partial charge < -0.3 is 60.0 Å². The number of nitrogens with zero attached hydrogens (tertiary/aromatic N) is 9. The van der Waals surface area contributed by atoms with E-state index in [2.05, 4.69) is 16.0 Å². The van der Waals surface area contributed by atoms with E-state index in [0.29, 0.717) is 38.5 Å². The van der Waals surface area contributed by atoms with Gasteiger partial charge in [0.05, 0.1) is 30.7 Å². The fourth-order valence-electron chi connectivity index (χ4n) is 17.5. The zero-order valence-electron chi connectivity index (χ0n) is 65.5. The van der Waals surface area contributed by atoms with E-state index in [1.807, 2.05) is 20.8 Å². The van der Waals surface area contributed by atoms with Crippen molar-refractivity contribution in [2.75, 3.05) is 101 Å². The molecule has 11 atom stereocenters. The third kappa shape index (κ3) is 22.5. The van der Waals surface area contributed by atoms with Gasteiger partial charge in [0, 0.05) is 81.8 Å². The van der Waals surface area contributed by atoms with E-state index >= 15 is 37.5 Å². The largest absolute Gasteiger partial charge is 0.397 e. The van der Waals surface area contributed by atoms with Crippen LogP contribution in [-0.2, 0) is 57.5 Å². The Balaban J connectivity index is 1.26. The standard InChI is InChI=1S/C76H118F8N12O12S/c1-13-21-46(4)63-71(106)90(8)42-60(98)91(9)55-24-16-19-34-96(70(55)105)57(39-47-27-30-51(31-28-47)75(79,80)81)69(104)89(7)41-59(97)85-40-50(29-26-48-37-52(77)62(53(78)38-48)76(82,83)84)67(102)95-35-20-25-54(95)66(101)87-74(32-17-18-33-74)73(108)94(12)64(49-22-14-15-23-49)72(107)93(11)58(68(103)88(5)6)43-109-44-61(99)92(10)56(36-45(2)3)65(100)86-63/h16,19,45-58,62-64H,13-15,17-18,20-44H2,1-12H3,(H,85,97)(H,86,100)(H,87,101)/t46-,47?,48?,50+,51?,52?,53?,54-,55-,56-,57-,58-,62?,63-,64-/m0/s1. The van der Waals surface area contributed by atoms with Gasteiger partial charge in [0.25, 0.3) is 0 Å². The van der Waals surface area contributed by atoms with Gasteiger partial charge in [-0.15, -0.1) is 11.8 Å². The molecule has 4 saturated carbocycles. The quantitative estimate of drug-likeness (QED) is 0.128. The summed E-state index contributed by atoms with van der Waals surface area (Å²) < 4.78 is 115. The van der Waals surface area contributed by atoms with Crippen molar-refractivity contribution >= 4 is 82.6 Å². The highest BCUT2D eigenvalue weighted by atomic mass is 32.2. The van der Waals surface area contributed by atoms with Crippen LogP contribution in [0.4, 0.5) is 35.1 Å². The maximum atomic E-state index is 15.5. The smallest absolute Gasteiger partial charge is 0.354 e. The Morgan fingerprint density at radius 2 is 1.27 bits per heavy atom. The van der Waals surface area contributed by atoms with Gasteiger partial charge in [-0.3, -0.25) is 57.5 Å². The van der Waals surface area contributed by atoms with Gasteiger partial charge in [-0.05, 0) is 145 Å². The topological polar surface area (TPSA) is 270 Å². The molecule has 2 bridgehead atoms. The van der Waals surface area contributed by atoms with Gasteiger partial charge in [-0.1, -0.05) is 72.0 Å². The Morgan fingerprint density at radius 3 is 1.85 bits per heavy atom. The molecule has 2 saturated heterocycles. The SMILES string of the molecule is CCC[C@H](C)[C@@H]1NC(=O)[C@H](CC(C)C)N(C)C(=O)CSC[C@@H](C(=O)N(C)C)N(C)C(=O)[C@H](C2CCCC2)N(C)C(=O)C2(CCCC2)NC(=O)[C@@H]2CCCN2C(=O)[C@H](CCC2CC(F)C(C(F)(F)F)C(F)C2)CNC(=O)CN(C)C(=O)[C@H](CC2CCC(C(F)(F)F)CC2)N2CC=CC[C@@H](C2=O)N(C)C(=O)CN(C)C1=O. The summed E-state index contributed by atoms with van der Waals surface area (Å²) in [5.74, 6) is -16.8. The van der Waals surface area contributed by atoms with Gasteiger partial charge in [0.1, 0.15) is 66.1 Å². The number of halogens is 8. The number of fused-ring (bicyclic) bond motifs is 3. The zero-order chi connectivity index (χ0) is 80.9. The molecule has 24 nitrogen and oxygen atoms in total. The van der Waals surface area contributed by atoms with E-state index in [-0.39, 0.29) is 120 Å². The van der Waals surface area contributed by atoms with E-state index < -0.39 is 211 Å². The van der Waals surface area contributed by atoms with E-state index in [1.54, 1.807) is 19.1 Å². The van der Waals surface area contributed by atoms with Crippen LogP contribution in [0.5, 0.6) is 0 Å². The monoisotopic (exact) mass is 1570 g/mol. The third-order valence-corrected chi connectivity index (χ3v) is 25.1. The number of nitrogens with one attached hydrogen (secondary N) is 3. The van der Waals surface area contributed by atoms with Gasteiger partial charge in [-0.2, -0.15) is 26.3 Å². The van der Waals surface area contributed by atoms with Crippen molar-refractivity contribution in [2.45, 2.75) is 248 Å². The van der Waals surface area contributed by atoms with Crippen LogP contribution in [-0.4, -0.2) is 288 Å². The maximum Gasteiger partial charge on any atom is 0.397 e. The van der Waals surface area contributed by atoms with Crippen LogP contribution in [0, 0.1) is 47.3 Å². The molecule has 12 amide bonds. The summed E-state index contributed by atoms with van der Waals surface area (Å²) in [6.07, 6.45) is -8.86. The Morgan fingerprint density at radius 1 is 0.642 bits per heavy atom. The summed E-state index contributed by atoms with van der Waals surface area (Å²) >= 11 is 1.05. The number of carbonyl (C=O) groups is 12. The van der Waals surface area contributed by atoms with Gasteiger partial charge in [-0.25, -0.2) is 8.78 Å². The molecule has 3 heterocycles. The van der Waals surface area contributed by atoms with Gasteiger partial charge in [0.2, 0.25) is 70.9 Å². The fraction of sp³-hybridized carbons (Fsp3) is 0.816. The number of alkyl halides is 8. The number of hydrogen-bond acceptors (Lipinski definition) is 13. The molecule has 0 aromatic heterocycles. The Labute approximate surface area is 640 Å². The second-order valence-electron chi connectivity index (χ2n) is 32.6. The van der Waals surface area contributed by atoms with Crippen LogP contribution in [0.2, 0.25) is 0 Å². The van der Waals surface area contributed by atoms with Gasteiger partial charge in [0.15, 0.2) is 0 Å². The molecule has 616 valence electrons. The highest BCUT2D eigenvalue weighted by Crippen LogP contribution is 2.46. The maximum absolute atomic E-state index is 15.5. The third-order valence-electron chi connectivity index (χ3n) is 24.1. The predicted octanol–water partition coefficient (Wildman–Crippen LogP) is 7.32. The molecule has 3 N–H and O–H groups in total. The van der Waals surface area contributed by atoms with Crippen LogP contribution in [0.1, 0.15) is 175 Å². The molecule has 7 aliphatic rings. The lowest BCUT2D eigenvalue weighted by molar-refractivity contribution is -0.219. The van der Waals surface area contributed by atoms with Crippen LogP contribution in [0.3, 0.4) is 0 Å². The van der Waals surface area contributed by atoms with Crippen molar-refractivity contribution < 1.29 is 92.7 Å². The molecule has 1 spiro atoms. The number of amides is 12. The van der Waals surface area contributed by atoms with Crippen molar-refractivity contribution in [3.05, 3.63) is 12.2 Å². The minimum atomic E-state index is -5.17. The molecule has 6 fully saturated rings. The number of hydrogen-bond donors (Lipinski definition) is 3. The lowest BCUT2D eigenvalue weighted by atomic mass is 9.76. The van der Waals surface area contributed by atoms with E-state index in [0.717, 1.165) is 39.3 Å². The Kier molecular flexibility index (Phi) is 32.0. The summed E-state index contributed by atoms with van der Waals surface area (Å²) in [5, 5.41) is 8.61. The van der Waals surface area contributed by atoms with Crippen molar-refractivity contribution in [1.82, 2.24) is 60.0 Å². The van der Waals surface area contributed by atoms with Crippen molar-refractivity contribution in [3.63, 3.8) is 0 Å². The summed E-state index contributed by atoms with van der Waals surface area (Å²) in [7, 11) is 11.4. The Hall–Kier alpha value is -6.83. The molecule has 0 radical (unpaired) electrons.